The number of nitrogens with zero attached hydrogens (tertiary/aromatic N) is 2. The van der Waals surface area contributed by atoms with Crippen LogP contribution >= 0.6 is 0 Å². The van der Waals surface area contributed by atoms with Crippen molar-refractivity contribution in [2.45, 2.75) is 52.1 Å². The average molecular weight is 368 g/mol. The Kier molecular flexibility index (Phi) is 8.22. The summed E-state index contributed by atoms with van der Waals surface area (Å²) >= 11 is 0. The number of rotatable bonds is 6. The van der Waals surface area contributed by atoms with E-state index < -0.39 is 36.6 Å². The summed E-state index contributed by atoms with van der Waals surface area (Å²) in [6.45, 7) is 11.9. The third-order valence-corrected chi connectivity index (χ3v) is 5.02. The average Bonchev–Trinajstić information content (AvgIpc) is 2.33. The maximum absolute atomic E-state index is 12.2. The van der Waals surface area contributed by atoms with Crippen LogP contribution in [0.5, 0.6) is 0 Å². The van der Waals surface area contributed by atoms with Gasteiger partial charge in [0.15, 0.2) is 0 Å². The van der Waals surface area contributed by atoms with Crippen molar-refractivity contribution in [3.05, 3.63) is 0 Å². The summed E-state index contributed by atoms with van der Waals surface area (Å²) in [6.07, 6.45) is -0.820. The summed E-state index contributed by atoms with van der Waals surface area (Å²) in [5.41, 5.74) is -0.758. The van der Waals surface area contributed by atoms with E-state index in [0.717, 1.165) is 10.9 Å². The van der Waals surface area contributed by atoms with E-state index in [2.05, 4.69) is 19.6 Å². The highest BCUT2D eigenvalue weighted by Crippen LogP contribution is 2.12. The standard InChI is InChI=1S/C13H29N3O5SSi/c1-13(2,3)21-12(17)16(11(14)15(4)22(18)19)10-20-8-9-23(5,6)7/h14,22H,8-10H2,1-7H3. The van der Waals surface area contributed by atoms with Crippen molar-refractivity contribution in [3.8, 4) is 0 Å². The zero-order chi connectivity index (χ0) is 18.4. The molecule has 0 radical (unpaired) electrons. The molecule has 0 rings (SSSR count). The van der Waals surface area contributed by atoms with Crippen LogP contribution in [0.1, 0.15) is 20.8 Å². The molecule has 0 bridgehead atoms. The third kappa shape index (κ3) is 9.56. The molecular weight excluding hydrogens is 338 g/mol. The van der Waals surface area contributed by atoms with E-state index in [1.165, 1.54) is 7.05 Å². The molecular formula is C13H29N3O5SSi. The van der Waals surface area contributed by atoms with Crippen LogP contribution < -0.4 is 0 Å². The van der Waals surface area contributed by atoms with E-state index in [1.54, 1.807) is 20.8 Å². The molecule has 0 atom stereocenters. The molecule has 0 fully saturated rings. The second kappa shape index (κ2) is 8.64. The Bertz CT molecular complexity index is 489. The molecule has 0 aliphatic heterocycles. The van der Waals surface area contributed by atoms with Crippen molar-refractivity contribution >= 4 is 31.0 Å². The largest absolute Gasteiger partial charge is 0.443 e. The number of carbonyl (C=O) groups is 1. The molecule has 23 heavy (non-hydrogen) atoms. The Labute approximate surface area is 141 Å². The number of amides is 1. The molecule has 8 nitrogen and oxygen atoms in total. The maximum Gasteiger partial charge on any atom is 0.419 e. The first-order valence-electron chi connectivity index (χ1n) is 7.29. The van der Waals surface area contributed by atoms with Gasteiger partial charge < -0.3 is 9.47 Å². The molecule has 10 heteroatoms. The summed E-state index contributed by atoms with van der Waals surface area (Å²) < 4.78 is 33.4. The molecule has 0 saturated carbocycles. The van der Waals surface area contributed by atoms with Crippen LogP contribution in [0.15, 0.2) is 0 Å². The maximum atomic E-state index is 12.2. The van der Waals surface area contributed by atoms with Gasteiger partial charge in [-0.05, 0) is 26.8 Å². The molecule has 0 unspecified atom stereocenters. The Balaban J connectivity index is 4.94. The smallest absolute Gasteiger partial charge is 0.419 e. The molecule has 0 aliphatic carbocycles. The topological polar surface area (TPSA) is 100 Å². The first-order chi connectivity index (χ1) is 10.2. The van der Waals surface area contributed by atoms with E-state index >= 15 is 0 Å². The van der Waals surface area contributed by atoms with Crippen molar-refractivity contribution < 1.29 is 22.7 Å². The molecule has 0 spiro atoms. The molecule has 0 saturated heterocycles. The van der Waals surface area contributed by atoms with E-state index in [-0.39, 0.29) is 6.73 Å². The molecule has 0 aromatic heterocycles. The summed E-state index contributed by atoms with van der Waals surface area (Å²) in [5.74, 6) is -0.511. The first kappa shape index (κ1) is 21.9. The van der Waals surface area contributed by atoms with Crippen LogP contribution in [0.2, 0.25) is 25.7 Å². The van der Waals surface area contributed by atoms with E-state index in [4.69, 9.17) is 14.9 Å². The van der Waals surface area contributed by atoms with Crippen molar-refractivity contribution in [3.63, 3.8) is 0 Å². The lowest BCUT2D eigenvalue weighted by Gasteiger charge is -2.29. The van der Waals surface area contributed by atoms with Gasteiger partial charge >= 0.3 is 6.09 Å². The Hall–Kier alpha value is -1.13. The van der Waals surface area contributed by atoms with Crippen molar-refractivity contribution in [1.29, 1.82) is 5.41 Å². The molecule has 1 amide bonds. The van der Waals surface area contributed by atoms with Crippen molar-refractivity contribution in [2.24, 2.45) is 0 Å². The number of hydrogen-bond acceptors (Lipinski definition) is 6. The monoisotopic (exact) mass is 367 g/mol. The lowest BCUT2D eigenvalue weighted by molar-refractivity contribution is 0.00827. The molecule has 0 heterocycles. The van der Waals surface area contributed by atoms with Gasteiger partial charge in [0.1, 0.15) is 12.3 Å². The van der Waals surface area contributed by atoms with Crippen LogP contribution in [0.25, 0.3) is 0 Å². The Morgan fingerprint density at radius 2 is 1.74 bits per heavy atom. The lowest BCUT2D eigenvalue weighted by atomic mass is 10.2. The lowest BCUT2D eigenvalue weighted by Crippen LogP contribution is -2.47. The molecule has 0 aromatic rings. The van der Waals surface area contributed by atoms with Crippen LogP contribution in [0.4, 0.5) is 4.79 Å². The van der Waals surface area contributed by atoms with Gasteiger partial charge in [0, 0.05) is 21.7 Å². The van der Waals surface area contributed by atoms with Crippen molar-refractivity contribution in [2.75, 3.05) is 20.4 Å². The number of ether oxygens (including phenoxy) is 2. The highest BCUT2D eigenvalue weighted by atomic mass is 32.2. The van der Waals surface area contributed by atoms with E-state index in [0.29, 0.717) is 10.9 Å². The number of nitrogens with one attached hydrogen (secondary N) is 1. The van der Waals surface area contributed by atoms with Gasteiger partial charge in [-0.15, -0.1) is 0 Å². The summed E-state index contributed by atoms with van der Waals surface area (Å²) in [6, 6.07) is 0.897. The predicted octanol–water partition coefficient (Wildman–Crippen LogP) is 1.93. The fourth-order valence-corrected chi connectivity index (χ4v) is 2.32. The second-order valence-electron chi connectivity index (χ2n) is 7.34. The highest BCUT2D eigenvalue weighted by molar-refractivity contribution is 7.70. The number of thiol groups is 1. The minimum atomic E-state index is -3.02. The van der Waals surface area contributed by atoms with Gasteiger partial charge in [0.25, 0.3) is 0 Å². The summed E-state index contributed by atoms with van der Waals surface area (Å²) in [7, 11) is -3.11. The number of guanidine groups is 1. The molecule has 0 aliphatic rings. The van der Waals surface area contributed by atoms with E-state index in [9.17, 15) is 13.2 Å². The van der Waals surface area contributed by atoms with Gasteiger partial charge in [-0.3, -0.25) is 5.41 Å². The quantitative estimate of drug-likeness (QED) is 0.187. The fraction of sp³-hybridized carbons (Fsp3) is 0.846. The normalized spacial score (nSPS) is 12.2. The number of carbonyl (C=O) groups excluding carboxylic acids is 1. The van der Waals surface area contributed by atoms with Gasteiger partial charge in [-0.25, -0.2) is 22.4 Å². The zero-order valence-electron chi connectivity index (χ0n) is 15.0. The van der Waals surface area contributed by atoms with Crippen LogP contribution in [0.3, 0.4) is 0 Å². The molecule has 136 valence electrons. The van der Waals surface area contributed by atoms with Gasteiger partial charge in [-0.2, -0.15) is 0 Å². The minimum Gasteiger partial charge on any atom is -0.443 e. The second-order valence-corrected chi connectivity index (χ2v) is 14.0. The molecule has 0 aromatic carbocycles. The Morgan fingerprint density at radius 1 is 1.22 bits per heavy atom. The van der Waals surface area contributed by atoms with Crippen LogP contribution in [-0.4, -0.2) is 63.7 Å². The minimum absolute atomic E-state index is 0.230. The predicted molar refractivity (Wildman–Crippen MR) is 92.8 cm³/mol. The molecule has 1 N–H and O–H groups in total. The number of hydrogen-bond donors (Lipinski definition) is 2. The van der Waals surface area contributed by atoms with Gasteiger partial charge in [-0.1, -0.05) is 19.6 Å². The van der Waals surface area contributed by atoms with Gasteiger partial charge in [0.05, 0.1) is 0 Å². The van der Waals surface area contributed by atoms with Crippen molar-refractivity contribution in [1.82, 2.24) is 9.21 Å². The van der Waals surface area contributed by atoms with E-state index in [1.807, 2.05) is 0 Å². The fourth-order valence-electron chi connectivity index (χ4n) is 1.30. The van der Waals surface area contributed by atoms with Gasteiger partial charge in [0.2, 0.25) is 16.8 Å². The van der Waals surface area contributed by atoms with Crippen LogP contribution in [0, 0.1) is 5.41 Å². The zero-order valence-corrected chi connectivity index (χ0v) is 16.9. The summed E-state index contributed by atoms with van der Waals surface area (Å²) in [4.78, 5) is 13.0. The summed E-state index contributed by atoms with van der Waals surface area (Å²) in [5, 5.41) is 7.87. The first-order valence-corrected chi connectivity index (χ1v) is 12.1. The Morgan fingerprint density at radius 3 is 2.13 bits per heavy atom. The SMILES string of the molecule is CN(C(=N)N(COCC[Si](C)(C)C)C(=O)OC(C)(C)C)[SH](=O)=O. The highest BCUT2D eigenvalue weighted by Gasteiger charge is 2.28. The third-order valence-electron chi connectivity index (χ3n) is 2.64. The van der Waals surface area contributed by atoms with Crippen LogP contribution in [-0.2, 0) is 20.4 Å².